The van der Waals surface area contributed by atoms with Gasteiger partial charge in [-0.1, -0.05) is 84.9 Å². The van der Waals surface area contributed by atoms with Gasteiger partial charge in [-0.3, -0.25) is 0 Å². The molecule has 0 aliphatic rings. The van der Waals surface area contributed by atoms with Crippen LogP contribution in [0.15, 0.2) is 84.9 Å². The monoisotopic (exact) mass is 327 g/mol. The highest BCUT2D eigenvalue weighted by Gasteiger charge is 2.22. The van der Waals surface area contributed by atoms with Crippen molar-refractivity contribution < 1.29 is 4.43 Å². The molecule has 2 heteroatoms. The zero-order chi connectivity index (χ0) is 16.4. The Labute approximate surface area is 144 Å². The Hall–Kier alpha value is -2.42. The van der Waals surface area contributed by atoms with Gasteiger partial charge in [0, 0.05) is 6.61 Å². The Bertz CT molecular complexity index is 903. The van der Waals surface area contributed by atoms with Gasteiger partial charge >= 0.3 is 0 Å². The average Bonchev–Trinajstić information content (AvgIpc) is 2.65. The molecule has 0 aliphatic heterocycles. The van der Waals surface area contributed by atoms with Crippen LogP contribution in [-0.4, -0.2) is 15.6 Å². The molecule has 4 aromatic rings. The van der Waals surface area contributed by atoms with Gasteiger partial charge in [-0.2, -0.15) is 0 Å². The molecule has 0 bridgehead atoms. The molecule has 0 spiro atoms. The number of fused-ring (bicyclic) bond motifs is 2. The number of hydrogen-bond donors (Lipinski definition) is 0. The first kappa shape index (κ1) is 15.1. The minimum Gasteiger partial charge on any atom is -0.408 e. The van der Waals surface area contributed by atoms with Crippen molar-refractivity contribution in [1.82, 2.24) is 0 Å². The van der Waals surface area contributed by atoms with Crippen molar-refractivity contribution in [2.75, 3.05) is 6.61 Å². The van der Waals surface area contributed by atoms with Crippen molar-refractivity contribution in [3.05, 3.63) is 84.9 Å². The normalized spacial score (nSPS) is 11.4. The molecule has 0 aliphatic carbocycles. The second-order valence-electron chi connectivity index (χ2n) is 5.82. The highest BCUT2D eigenvalue weighted by molar-refractivity contribution is 6.83. The highest BCUT2D eigenvalue weighted by atomic mass is 28.3. The van der Waals surface area contributed by atoms with E-state index in [9.17, 15) is 0 Å². The van der Waals surface area contributed by atoms with Crippen LogP contribution in [0.2, 0.25) is 0 Å². The topological polar surface area (TPSA) is 9.23 Å². The third-order valence-corrected chi connectivity index (χ3v) is 6.79. The smallest absolute Gasteiger partial charge is 0.284 e. The van der Waals surface area contributed by atoms with Crippen LogP contribution in [0.5, 0.6) is 0 Å². The van der Waals surface area contributed by atoms with Crippen molar-refractivity contribution in [2.24, 2.45) is 0 Å². The highest BCUT2D eigenvalue weighted by Crippen LogP contribution is 2.15. The van der Waals surface area contributed by atoms with Gasteiger partial charge in [-0.05, 0) is 38.8 Å². The summed E-state index contributed by atoms with van der Waals surface area (Å²) in [7, 11) is -1.30. The van der Waals surface area contributed by atoms with E-state index in [-0.39, 0.29) is 0 Å². The summed E-state index contributed by atoms with van der Waals surface area (Å²) < 4.78 is 6.33. The molecule has 0 amide bonds. The Morgan fingerprint density at radius 3 is 1.58 bits per heavy atom. The molecule has 4 rings (SSSR count). The Kier molecular flexibility index (Phi) is 4.16. The maximum Gasteiger partial charge on any atom is 0.284 e. The van der Waals surface area contributed by atoms with Crippen LogP contribution in [-0.2, 0) is 4.43 Å². The minimum atomic E-state index is -1.30. The van der Waals surface area contributed by atoms with Gasteiger partial charge in [0.1, 0.15) is 0 Å². The SMILES string of the molecule is CCO[Si](c1cccc2ccccc12)c1cccc2ccccc12. The molecule has 0 atom stereocenters. The van der Waals surface area contributed by atoms with Crippen molar-refractivity contribution in [2.45, 2.75) is 6.92 Å². The van der Waals surface area contributed by atoms with Crippen LogP contribution in [0.25, 0.3) is 21.5 Å². The lowest BCUT2D eigenvalue weighted by Gasteiger charge is -2.19. The molecule has 0 aromatic heterocycles. The molecule has 4 aromatic carbocycles. The maximum atomic E-state index is 6.33. The molecule has 24 heavy (non-hydrogen) atoms. The van der Waals surface area contributed by atoms with Gasteiger partial charge in [0.15, 0.2) is 0 Å². The molecule has 0 unspecified atom stereocenters. The largest absolute Gasteiger partial charge is 0.408 e. The van der Waals surface area contributed by atoms with Gasteiger partial charge in [-0.15, -0.1) is 0 Å². The molecule has 0 saturated carbocycles. The van der Waals surface area contributed by atoms with Gasteiger partial charge < -0.3 is 4.43 Å². The third kappa shape index (κ3) is 2.64. The molecule has 0 fully saturated rings. The molecule has 0 saturated heterocycles. The van der Waals surface area contributed by atoms with E-state index in [2.05, 4.69) is 91.9 Å². The summed E-state index contributed by atoms with van der Waals surface area (Å²) in [5, 5.41) is 7.81. The Morgan fingerprint density at radius 2 is 1.08 bits per heavy atom. The fourth-order valence-electron chi connectivity index (χ4n) is 3.29. The molecule has 1 radical (unpaired) electrons. The Balaban J connectivity index is 1.96. The van der Waals surface area contributed by atoms with Gasteiger partial charge in [-0.25, -0.2) is 0 Å². The van der Waals surface area contributed by atoms with E-state index in [0.29, 0.717) is 0 Å². The van der Waals surface area contributed by atoms with Crippen molar-refractivity contribution in [3.8, 4) is 0 Å². The molecule has 0 heterocycles. The van der Waals surface area contributed by atoms with E-state index in [4.69, 9.17) is 4.43 Å². The minimum absolute atomic E-state index is 0.723. The van der Waals surface area contributed by atoms with Crippen LogP contribution in [0.3, 0.4) is 0 Å². The summed E-state index contributed by atoms with van der Waals surface area (Å²) in [4.78, 5) is 0. The lowest BCUT2D eigenvalue weighted by Crippen LogP contribution is -2.45. The molecule has 117 valence electrons. The van der Waals surface area contributed by atoms with E-state index in [1.54, 1.807) is 0 Å². The molecule has 1 nitrogen and oxygen atoms in total. The summed E-state index contributed by atoms with van der Waals surface area (Å²) in [5.74, 6) is 0. The molecular weight excluding hydrogens is 308 g/mol. The quantitative estimate of drug-likeness (QED) is 0.512. The lowest BCUT2D eigenvalue weighted by atomic mass is 10.1. The maximum absolute atomic E-state index is 6.33. The Morgan fingerprint density at radius 1 is 0.625 bits per heavy atom. The number of rotatable bonds is 4. The fraction of sp³-hybridized carbons (Fsp3) is 0.0909. The van der Waals surface area contributed by atoms with Gasteiger partial charge in [0.2, 0.25) is 0 Å². The first-order chi connectivity index (χ1) is 11.9. The summed E-state index contributed by atoms with van der Waals surface area (Å²) in [6, 6.07) is 30.3. The predicted molar refractivity (Wildman–Crippen MR) is 105 cm³/mol. The predicted octanol–water partition coefficient (Wildman–Crippen LogP) is 4.14. The van der Waals surface area contributed by atoms with Gasteiger partial charge in [0.25, 0.3) is 9.04 Å². The van der Waals surface area contributed by atoms with Crippen LogP contribution in [0, 0.1) is 0 Å². The number of hydrogen-bond acceptors (Lipinski definition) is 1. The van der Waals surface area contributed by atoms with Crippen molar-refractivity contribution >= 4 is 41.0 Å². The summed E-state index contributed by atoms with van der Waals surface area (Å²) >= 11 is 0. The van der Waals surface area contributed by atoms with E-state index in [0.717, 1.165) is 6.61 Å². The van der Waals surface area contributed by atoms with Crippen molar-refractivity contribution in [1.29, 1.82) is 0 Å². The molecular formula is C22H19OSi. The van der Waals surface area contributed by atoms with E-state index in [1.165, 1.54) is 31.9 Å². The number of benzene rings is 4. The lowest BCUT2D eigenvalue weighted by molar-refractivity contribution is 0.358. The summed E-state index contributed by atoms with van der Waals surface area (Å²) in [6.45, 7) is 2.81. The second kappa shape index (κ2) is 6.60. The first-order valence-corrected chi connectivity index (χ1v) is 9.75. The zero-order valence-corrected chi connectivity index (χ0v) is 14.7. The first-order valence-electron chi connectivity index (χ1n) is 8.34. The average molecular weight is 327 g/mol. The summed E-state index contributed by atoms with van der Waals surface area (Å²) in [6.07, 6.45) is 0. The standard InChI is InChI=1S/C22H19OSi/c1-2-23-24(21-15-7-11-17-9-3-5-13-19(17)21)22-16-8-12-18-10-4-6-14-20(18)22/h3-16H,2H2,1H3. The molecule has 0 N–H and O–H groups in total. The van der Waals surface area contributed by atoms with Crippen molar-refractivity contribution in [3.63, 3.8) is 0 Å². The van der Waals surface area contributed by atoms with E-state index >= 15 is 0 Å². The van der Waals surface area contributed by atoms with Crippen LogP contribution in [0.1, 0.15) is 6.92 Å². The van der Waals surface area contributed by atoms with Gasteiger partial charge in [0.05, 0.1) is 0 Å². The van der Waals surface area contributed by atoms with Crippen LogP contribution in [0.4, 0.5) is 0 Å². The van der Waals surface area contributed by atoms with E-state index < -0.39 is 9.04 Å². The summed E-state index contributed by atoms with van der Waals surface area (Å²) in [5.41, 5.74) is 0. The van der Waals surface area contributed by atoms with Crippen LogP contribution >= 0.6 is 0 Å². The fourth-order valence-corrected chi connectivity index (χ4v) is 5.62. The van der Waals surface area contributed by atoms with Crippen LogP contribution < -0.4 is 10.4 Å². The third-order valence-electron chi connectivity index (χ3n) is 4.36. The second-order valence-corrected chi connectivity index (χ2v) is 7.84. The van der Waals surface area contributed by atoms with E-state index in [1.807, 2.05) is 0 Å². The zero-order valence-electron chi connectivity index (χ0n) is 13.7.